The van der Waals surface area contributed by atoms with Crippen LogP contribution in [-0.4, -0.2) is 42.7 Å². The molecule has 0 radical (unpaired) electrons. The molecule has 4 rings (SSSR count). The predicted octanol–water partition coefficient (Wildman–Crippen LogP) is 5.11. The molecule has 0 unspecified atom stereocenters. The minimum Gasteiger partial charge on any atom is -0.493 e. The third-order valence-electron chi connectivity index (χ3n) is 5.69. The van der Waals surface area contributed by atoms with Gasteiger partial charge in [-0.2, -0.15) is 0 Å². The van der Waals surface area contributed by atoms with Crippen LogP contribution in [0, 0.1) is 0 Å². The molecule has 0 aliphatic carbocycles. The highest BCUT2D eigenvalue weighted by Crippen LogP contribution is 2.29. The van der Waals surface area contributed by atoms with Crippen molar-refractivity contribution in [1.29, 1.82) is 0 Å². The summed E-state index contributed by atoms with van der Waals surface area (Å²) in [4.78, 5) is 6.99. The second kappa shape index (κ2) is 9.81. The zero-order valence-corrected chi connectivity index (χ0v) is 17.9. The first-order chi connectivity index (χ1) is 14.8. The Morgan fingerprint density at radius 1 is 1.07 bits per heavy atom. The van der Waals surface area contributed by atoms with Crippen molar-refractivity contribution in [2.75, 3.05) is 32.1 Å². The van der Waals surface area contributed by atoms with Crippen molar-refractivity contribution in [3.05, 3.63) is 60.3 Å². The van der Waals surface area contributed by atoms with Gasteiger partial charge >= 0.3 is 0 Å². The zero-order valence-electron chi connectivity index (χ0n) is 17.9. The van der Waals surface area contributed by atoms with Crippen LogP contribution in [0.15, 0.2) is 54.7 Å². The second-order valence-corrected chi connectivity index (χ2v) is 7.90. The maximum absolute atomic E-state index is 5.87. The van der Waals surface area contributed by atoms with Gasteiger partial charge in [-0.3, -0.25) is 9.88 Å². The third kappa shape index (κ3) is 4.85. The maximum atomic E-state index is 5.87. The van der Waals surface area contributed by atoms with Crippen molar-refractivity contribution >= 4 is 16.6 Å². The van der Waals surface area contributed by atoms with Crippen LogP contribution in [0.25, 0.3) is 10.9 Å². The maximum Gasteiger partial charge on any atom is 0.161 e. The number of likely N-dealkylation sites (tertiary alicyclic amines) is 1. The van der Waals surface area contributed by atoms with Crippen LogP contribution in [0.4, 0.5) is 5.69 Å². The quantitative estimate of drug-likeness (QED) is 0.564. The van der Waals surface area contributed by atoms with Gasteiger partial charge in [0.2, 0.25) is 0 Å². The van der Waals surface area contributed by atoms with E-state index in [1.54, 1.807) is 7.11 Å². The smallest absolute Gasteiger partial charge is 0.161 e. The largest absolute Gasteiger partial charge is 0.493 e. The molecule has 158 valence electrons. The van der Waals surface area contributed by atoms with Gasteiger partial charge in [0.15, 0.2) is 11.5 Å². The molecule has 1 aliphatic heterocycles. The van der Waals surface area contributed by atoms with E-state index in [1.165, 1.54) is 16.6 Å². The number of benzene rings is 2. The monoisotopic (exact) mass is 405 g/mol. The molecule has 5 heteroatoms. The fourth-order valence-corrected chi connectivity index (χ4v) is 4.08. The Labute approximate surface area is 179 Å². The van der Waals surface area contributed by atoms with Crippen molar-refractivity contribution in [2.45, 2.75) is 38.8 Å². The van der Waals surface area contributed by atoms with Crippen molar-refractivity contribution < 1.29 is 9.47 Å². The van der Waals surface area contributed by atoms with Gasteiger partial charge in [0.25, 0.3) is 0 Å². The molecular formula is C25H31N3O2. The van der Waals surface area contributed by atoms with Crippen molar-refractivity contribution in [1.82, 2.24) is 9.88 Å². The highest BCUT2D eigenvalue weighted by atomic mass is 16.5. The number of rotatable bonds is 8. The van der Waals surface area contributed by atoms with Crippen LogP contribution in [0.3, 0.4) is 0 Å². The molecular weight excluding hydrogens is 374 g/mol. The van der Waals surface area contributed by atoms with Gasteiger partial charge in [0, 0.05) is 42.9 Å². The summed E-state index contributed by atoms with van der Waals surface area (Å²) < 4.78 is 11.3. The fourth-order valence-electron chi connectivity index (χ4n) is 4.08. The lowest BCUT2D eigenvalue weighted by atomic mass is 10.0. The van der Waals surface area contributed by atoms with E-state index in [0.29, 0.717) is 12.6 Å². The third-order valence-corrected chi connectivity index (χ3v) is 5.69. The highest BCUT2D eigenvalue weighted by Gasteiger charge is 2.20. The lowest BCUT2D eigenvalue weighted by molar-refractivity contribution is 0.211. The predicted molar refractivity (Wildman–Crippen MR) is 122 cm³/mol. The van der Waals surface area contributed by atoms with Gasteiger partial charge in [-0.05, 0) is 49.1 Å². The molecule has 1 aliphatic rings. The number of nitrogens with zero attached hydrogens (tertiary/aromatic N) is 2. The Kier molecular flexibility index (Phi) is 6.70. The minimum absolute atomic E-state index is 0.492. The number of aromatic nitrogens is 1. The normalized spacial score (nSPS) is 15.3. The number of anilines is 1. The van der Waals surface area contributed by atoms with Crippen LogP contribution in [0.1, 0.15) is 31.7 Å². The van der Waals surface area contributed by atoms with Gasteiger partial charge in [-0.25, -0.2) is 0 Å². The number of hydrogen-bond acceptors (Lipinski definition) is 5. The summed E-state index contributed by atoms with van der Waals surface area (Å²) in [6.45, 7) is 5.93. The molecule has 0 atom stereocenters. The van der Waals surface area contributed by atoms with Gasteiger partial charge in [0.1, 0.15) is 0 Å². The number of pyridine rings is 1. The SMILES string of the molecule is CCCOc1cc(CN2CCC(Nc3ccnc4ccccc34)CC2)ccc1OC. The van der Waals surface area contributed by atoms with Crippen molar-refractivity contribution in [2.24, 2.45) is 0 Å². The van der Waals surface area contributed by atoms with Crippen molar-refractivity contribution in [3.8, 4) is 11.5 Å². The summed E-state index contributed by atoms with van der Waals surface area (Å²) >= 11 is 0. The van der Waals surface area contributed by atoms with E-state index in [4.69, 9.17) is 9.47 Å². The number of hydrogen-bond donors (Lipinski definition) is 1. The van der Waals surface area contributed by atoms with Crippen LogP contribution in [-0.2, 0) is 6.54 Å². The molecule has 2 heterocycles. The number of fused-ring (bicyclic) bond motifs is 1. The lowest BCUT2D eigenvalue weighted by Crippen LogP contribution is -2.38. The van der Waals surface area contributed by atoms with E-state index < -0.39 is 0 Å². The van der Waals surface area contributed by atoms with E-state index in [9.17, 15) is 0 Å². The van der Waals surface area contributed by atoms with Crippen LogP contribution in [0.5, 0.6) is 11.5 Å². The van der Waals surface area contributed by atoms with E-state index in [-0.39, 0.29) is 0 Å². The minimum atomic E-state index is 0.492. The average molecular weight is 406 g/mol. The molecule has 2 aromatic carbocycles. The van der Waals surface area contributed by atoms with E-state index in [0.717, 1.165) is 55.9 Å². The van der Waals surface area contributed by atoms with E-state index in [2.05, 4.69) is 58.5 Å². The summed E-state index contributed by atoms with van der Waals surface area (Å²) in [6.07, 6.45) is 5.14. The molecule has 3 aromatic rings. The molecule has 0 spiro atoms. The molecule has 1 aromatic heterocycles. The molecule has 30 heavy (non-hydrogen) atoms. The molecule has 1 N–H and O–H groups in total. The first-order valence-electron chi connectivity index (χ1n) is 10.9. The molecule has 0 saturated carbocycles. The van der Waals surface area contributed by atoms with E-state index in [1.807, 2.05) is 18.3 Å². The molecule has 1 saturated heterocycles. The van der Waals surface area contributed by atoms with Crippen LogP contribution >= 0.6 is 0 Å². The van der Waals surface area contributed by atoms with Gasteiger partial charge in [-0.1, -0.05) is 31.2 Å². The molecule has 0 amide bonds. The first kappa shape index (κ1) is 20.5. The zero-order chi connectivity index (χ0) is 20.8. The number of piperidine rings is 1. The number of para-hydroxylation sites is 1. The highest BCUT2D eigenvalue weighted by molar-refractivity contribution is 5.90. The summed E-state index contributed by atoms with van der Waals surface area (Å²) in [5.41, 5.74) is 3.50. The Morgan fingerprint density at radius 3 is 2.70 bits per heavy atom. The average Bonchev–Trinajstić information content (AvgIpc) is 2.79. The van der Waals surface area contributed by atoms with Crippen LogP contribution in [0.2, 0.25) is 0 Å². The Balaban J connectivity index is 1.34. The molecule has 0 bridgehead atoms. The van der Waals surface area contributed by atoms with Crippen molar-refractivity contribution in [3.63, 3.8) is 0 Å². The number of methoxy groups -OCH3 is 1. The van der Waals surface area contributed by atoms with Crippen LogP contribution < -0.4 is 14.8 Å². The van der Waals surface area contributed by atoms with Gasteiger partial charge in [-0.15, -0.1) is 0 Å². The lowest BCUT2D eigenvalue weighted by Gasteiger charge is -2.33. The summed E-state index contributed by atoms with van der Waals surface area (Å²) in [6, 6.07) is 17.2. The number of ether oxygens (including phenoxy) is 2. The molecule has 1 fully saturated rings. The topological polar surface area (TPSA) is 46.6 Å². The summed E-state index contributed by atoms with van der Waals surface area (Å²) in [5, 5.41) is 4.95. The Morgan fingerprint density at radius 2 is 1.90 bits per heavy atom. The second-order valence-electron chi connectivity index (χ2n) is 7.90. The Hall–Kier alpha value is -2.79. The summed E-state index contributed by atoms with van der Waals surface area (Å²) in [5.74, 6) is 1.65. The molecule has 5 nitrogen and oxygen atoms in total. The van der Waals surface area contributed by atoms with Gasteiger partial charge in [0.05, 0.1) is 19.2 Å². The Bertz CT molecular complexity index is 962. The number of nitrogens with one attached hydrogen (secondary N) is 1. The fraction of sp³-hybridized carbons (Fsp3) is 0.400. The van der Waals surface area contributed by atoms with E-state index >= 15 is 0 Å². The standard InChI is InChI=1S/C25H31N3O2/c1-3-16-30-25-17-19(8-9-24(25)29-2)18-28-14-11-20(12-15-28)27-23-10-13-26-22-7-5-4-6-21(22)23/h4-10,13,17,20H,3,11-12,14-16,18H2,1-2H3,(H,26,27). The van der Waals surface area contributed by atoms with Gasteiger partial charge < -0.3 is 14.8 Å². The first-order valence-corrected chi connectivity index (χ1v) is 10.9. The summed E-state index contributed by atoms with van der Waals surface area (Å²) in [7, 11) is 1.69.